The molecule has 0 aliphatic carbocycles. The number of aliphatic hydroxyl groups is 1. The van der Waals surface area contributed by atoms with Gasteiger partial charge in [-0.3, -0.25) is 0 Å². The van der Waals surface area contributed by atoms with Crippen molar-refractivity contribution >= 4 is 0 Å². The largest absolute Gasteiger partial charge is 0.489 e. The van der Waals surface area contributed by atoms with Crippen LogP contribution in [0, 0.1) is 18.8 Å². The van der Waals surface area contributed by atoms with Crippen molar-refractivity contribution in [3.63, 3.8) is 0 Å². The molecule has 1 aromatic rings. The van der Waals surface area contributed by atoms with Crippen molar-refractivity contribution in [3.05, 3.63) is 29.3 Å². The molecule has 0 aromatic heterocycles. The predicted octanol–water partition coefficient (Wildman–Crippen LogP) is 2.29. The molecule has 1 N–H and O–H groups in total. The van der Waals surface area contributed by atoms with E-state index >= 15 is 0 Å². The van der Waals surface area contributed by atoms with E-state index in [1.54, 1.807) is 0 Å². The molecule has 0 bridgehead atoms. The van der Waals surface area contributed by atoms with Crippen LogP contribution in [0.3, 0.4) is 0 Å². The Morgan fingerprint density at radius 2 is 2.16 bits per heavy atom. The molecule has 1 aliphatic heterocycles. The molecular weight excluding hydrogens is 240 g/mol. The molecule has 0 unspecified atom stereocenters. The molecule has 1 aromatic carbocycles. The van der Waals surface area contributed by atoms with Crippen LogP contribution in [0.2, 0.25) is 0 Å². The fourth-order valence-corrected chi connectivity index (χ4v) is 2.03. The molecular formula is C16H20O3. The van der Waals surface area contributed by atoms with Gasteiger partial charge in [0.05, 0.1) is 25.4 Å². The average Bonchev–Trinajstić information content (AvgIpc) is 2.43. The van der Waals surface area contributed by atoms with Gasteiger partial charge in [-0.1, -0.05) is 17.9 Å². The first-order chi connectivity index (χ1) is 9.29. The van der Waals surface area contributed by atoms with Crippen LogP contribution < -0.4 is 4.74 Å². The van der Waals surface area contributed by atoms with E-state index in [9.17, 15) is 0 Å². The molecule has 0 atom stereocenters. The normalized spacial score (nSPS) is 15.7. The molecule has 1 aliphatic rings. The van der Waals surface area contributed by atoms with Gasteiger partial charge in [-0.2, -0.15) is 0 Å². The molecule has 19 heavy (non-hydrogen) atoms. The summed E-state index contributed by atoms with van der Waals surface area (Å²) in [5.74, 6) is 6.87. The highest BCUT2D eigenvalue weighted by Crippen LogP contribution is 2.23. The van der Waals surface area contributed by atoms with E-state index in [1.807, 2.05) is 25.1 Å². The minimum atomic E-state index is 0.0922. The van der Waals surface area contributed by atoms with Crippen LogP contribution in [0.5, 0.6) is 5.75 Å². The fraction of sp³-hybridized carbons (Fsp3) is 0.500. The van der Waals surface area contributed by atoms with Crippen molar-refractivity contribution in [2.45, 2.75) is 32.3 Å². The van der Waals surface area contributed by atoms with Crippen LogP contribution in [-0.2, 0) is 4.74 Å². The summed E-state index contributed by atoms with van der Waals surface area (Å²) in [5.41, 5.74) is 2.06. The van der Waals surface area contributed by atoms with Gasteiger partial charge in [0, 0.05) is 19.3 Å². The molecule has 0 saturated carbocycles. The summed E-state index contributed by atoms with van der Waals surface area (Å²) in [4.78, 5) is 0. The average molecular weight is 260 g/mol. The van der Waals surface area contributed by atoms with Gasteiger partial charge in [0.15, 0.2) is 0 Å². The van der Waals surface area contributed by atoms with Crippen molar-refractivity contribution in [2.75, 3.05) is 19.8 Å². The molecule has 3 heteroatoms. The highest BCUT2D eigenvalue weighted by molar-refractivity contribution is 5.48. The lowest BCUT2D eigenvalue weighted by Crippen LogP contribution is -2.26. The van der Waals surface area contributed by atoms with Crippen molar-refractivity contribution in [3.8, 4) is 17.6 Å². The third kappa shape index (κ3) is 4.27. The molecule has 1 saturated heterocycles. The van der Waals surface area contributed by atoms with E-state index in [4.69, 9.17) is 14.6 Å². The lowest BCUT2D eigenvalue weighted by Gasteiger charge is -2.24. The summed E-state index contributed by atoms with van der Waals surface area (Å²) >= 11 is 0. The van der Waals surface area contributed by atoms with E-state index in [-0.39, 0.29) is 12.7 Å². The molecule has 1 heterocycles. The van der Waals surface area contributed by atoms with E-state index in [1.165, 1.54) is 0 Å². The van der Waals surface area contributed by atoms with Gasteiger partial charge in [0.25, 0.3) is 0 Å². The number of hydrogen-bond donors (Lipinski definition) is 1. The maximum absolute atomic E-state index is 8.78. The van der Waals surface area contributed by atoms with Crippen LogP contribution in [0.15, 0.2) is 18.2 Å². The van der Waals surface area contributed by atoms with Crippen LogP contribution in [0.25, 0.3) is 0 Å². The summed E-state index contributed by atoms with van der Waals surface area (Å²) in [6.07, 6.45) is 2.56. The van der Waals surface area contributed by atoms with Crippen molar-refractivity contribution in [1.82, 2.24) is 0 Å². The number of hydrogen-bond acceptors (Lipinski definition) is 3. The first-order valence-corrected chi connectivity index (χ1v) is 6.74. The number of aryl methyl sites for hydroxylation is 1. The lowest BCUT2D eigenvalue weighted by molar-refractivity contribution is 0.0254. The fourth-order valence-electron chi connectivity index (χ4n) is 2.03. The Labute approximate surface area is 114 Å². The molecule has 0 radical (unpaired) electrons. The smallest absolute Gasteiger partial charge is 0.135 e. The number of aliphatic hydroxyl groups excluding tert-OH is 1. The SMILES string of the molecule is Cc1ccc(OC2CCOCC2)c(C#CCCO)c1. The second-order valence-electron chi connectivity index (χ2n) is 4.70. The zero-order chi connectivity index (χ0) is 13.5. The molecule has 0 amide bonds. The van der Waals surface area contributed by atoms with Crippen molar-refractivity contribution < 1.29 is 14.6 Å². The van der Waals surface area contributed by atoms with Crippen LogP contribution in [0.4, 0.5) is 0 Å². The van der Waals surface area contributed by atoms with Crippen molar-refractivity contribution in [2.24, 2.45) is 0 Å². The minimum absolute atomic E-state index is 0.0922. The van der Waals surface area contributed by atoms with Crippen LogP contribution >= 0.6 is 0 Å². The summed E-state index contributed by atoms with van der Waals surface area (Å²) in [6, 6.07) is 6.04. The van der Waals surface area contributed by atoms with Gasteiger partial charge in [0.2, 0.25) is 0 Å². The van der Waals surface area contributed by atoms with Gasteiger partial charge >= 0.3 is 0 Å². The Bertz CT molecular complexity index is 465. The quantitative estimate of drug-likeness (QED) is 0.847. The third-order valence-corrected chi connectivity index (χ3v) is 3.06. The van der Waals surface area contributed by atoms with E-state index < -0.39 is 0 Å². The highest BCUT2D eigenvalue weighted by Gasteiger charge is 2.16. The molecule has 102 valence electrons. The minimum Gasteiger partial charge on any atom is -0.489 e. The summed E-state index contributed by atoms with van der Waals surface area (Å²) in [6.45, 7) is 3.66. The number of benzene rings is 1. The first-order valence-electron chi connectivity index (χ1n) is 6.74. The Kier molecular flexibility index (Phi) is 5.26. The second kappa shape index (κ2) is 7.18. The van der Waals surface area contributed by atoms with Gasteiger partial charge in [-0.15, -0.1) is 0 Å². The monoisotopic (exact) mass is 260 g/mol. The van der Waals surface area contributed by atoms with E-state index in [2.05, 4.69) is 11.8 Å². The van der Waals surface area contributed by atoms with Gasteiger partial charge in [-0.25, -0.2) is 0 Å². The topological polar surface area (TPSA) is 38.7 Å². The number of ether oxygens (including phenoxy) is 2. The molecule has 3 nitrogen and oxygen atoms in total. The highest BCUT2D eigenvalue weighted by atomic mass is 16.5. The van der Waals surface area contributed by atoms with Gasteiger partial charge in [0.1, 0.15) is 11.9 Å². The summed E-state index contributed by atoms with van der Waals surface area (Å²) in [7, 11) is 0. The Hall–Kier alpha value is -1.50. The van der Waals surface area contributed by atoms with Crippen LogP contribution in [0.1, 0.15) is 30.4 Å². The third-order valence-electron chi connectivity index (χ3n) is 3.06. The first kappa shape index (κ1) is 13.9. The van der Waals surface area contributed by atoms with Crippen molar-refractivity contribution in [1.29, 1.82) is 0 Å². The molecule has 2 rings (SSSR count). The maximum Gasteiger partial charge on any atom is 0.135 e. The van der Waals surface area contributed by atoms with E-state index in [0.717, 1.165) is 42.9 Å². The standard InChI is InChI=1S/C16H20O3/c1-13-5-6-16(14(12-13)4-2-3-9-17)19-15-7-10-18-11-8-15/h5-6,12,15,17H,3,7-11H2,1H3. The Morgan fingerprint density at radius 1 is 1.37 bits per heavy atom. The van der Waals surface area contributed by atoms with Crippen LogP contribution in [-0.4, -0.2) is 31.0 Å². The maximum atomic E-state index is 8.78. The van der Waals surface area contributed by atoms with Gasteiger partial charge in [-0.05, 0) is 24.6 Å². The molecule has 0 spiro atoms. The zero-order valence-electron chi connectivity index (χ0n) is 11.3. The Morgan fingerprint density at radius 3 is 2.89 bits per heavy atom. The molecule has 1 fully saturated rings. The zero-order valence-corrected chi connectivity index (χ0v) is 11.3. The predicted molar refractivity (Wildman–Crippen MR) is 74.2 cm³/mol. The second-order valence-corrected chi connectivity index (χ2v) is 4.70. The summed E-state index contributed by atoms with van der Waals surface area (Å²) < 4.78 is 11.4. The van der Waals surface area contributed by atoms with Gasteiger partial charge < -0.3 is 14.6 Å². The number of rotatable bonds is 3. The lowest BCUT2D eigenvalue weighted by atomic mass is 10.1. The summed E-state index contributed by atoms with van der Waals surface area (Å²) in [5, 5.41) is 8.78. The Balaban J connectivity index is 2.12. The van der Waals surface area contributed by atoms with E-state index in [0.29, 0.717) is 6.42 Å².